The zero-order valence-corrected chi connectivity index (χ0v) is 8.58. The zero-order chi connectivity index (χ0) is 9.84. The lowest BCUT2D eigenvalue weighted by Gasteiger charge is -2.16. The van der Waals surface area contributed by atoms with Crippen LogP contribution in [-0.2, 0) is 6.42 Å². The highest BCUT2D eigenvalue weighted by Gasteiger charge is 2.10. The molecule has 72 valence electrons. The Kier molecular flexibility index (Phi) is 3.29. The Labute approximate surface area is 79.6 Å². The number of aromatic nitrogens is 1. The van der Waals surface area contributed by atoms with E-state index in [1.54, 1.807) is 0 Å². The zero-order valence-electron chi connectivity index (χ0n) is 8.58. The van der Waals surface area contributed by atoms with E-state index < -0.39 is 0 Å². The fraction of sp³-hybridized carbons (Fsp3) is 0.545. The fourth-order valence-corrected chi connectivity index (χ4v) is 1.61. The normalized spacial score (nSPS) is 12.8. The first-order valence-corrected chi connectivity index (χ1v) is 4.89. The second-order valence-electron chi connectivity index (χ2n) is 3.35. The predicted octanol–water partition coefficient (Wildman–Crippen LogP) is 2.83. The van der Waals surface area contributed by atoms with Gasteiger partial charge in [-0.2, -0.15) is 0 Å². The highest BCUT2D eigenvalue weighted by atomic mass is 16.1. The van der Waals surface area contributed by atoms with Crippen molar-refractivity contribution in [3.63, 3.8) is 0 Å². The molecule has 0 aliphatic rings. The number of carbonyl (C=O) groups excluding carboxylic acids is 1. The summed E-state index contributed by atoms with van der Waals surface area (Å²) in [5.74, 6) is 0. The molecule has 2 nitrogen and oxygen atoms in total. The van der Waals surface area contributed by atoms with Gasteiger partial charge in [0, 0.05) is 11.7 Å². The molecule has 1 aromatic heterocycles. The standard InChI is InChI=1S/C11H17NO/c1-4-9(3)12-10(5-2)6-7-11(12)8-13/h6-9H,4-5H2,1-3H3/t9-/m0/s1. The molecule has 1 heterocycles. The minimum absolute atomic E-state index is 0.421. The second-order valence-corrected chi connectivity index (χ2v) is 3.35. The first-order valence-electron chi connectivity index (χ1n) is 4.89. The second kappa shape index (κ2) is 4.26. The Morgan fingerprint density at radius 1 is 1.46 bits per heavy atom. The number of hydrogen-bond acceptors (Lipinski definition) is 1. The molecule has 0 fully saturated rings. The van der Waals surface area contributed by atoms with E-state index in [9.17, 15) is 4.79 Å². The minimum atomic E-state index is 0.421. The van der Waals surface area contributed by atoms with Gasteiger partial charge in [0.2, 0.25) is 0 Å². The maximum atomic E-state index is 10.8. The van der Waals surface area contributed by atoms with Gasteiger partial charge in [-0.1, -0.05) is 13.8 Å². The van der Waals surface area contributed by atoms with Gasteiger partial charge < -0.3 is 4.57 Å². The minimum Gasteiger partial charge on any atom is -0.340 e. The van der Waals surface area contributed by atoms with Crippen molar-refractivity contribution in [3.8, 4) is 0 Å². The summed E-state index contributed by atoms with van der Waals surface area (Å²) in [4.78, 5) is 10.8. The number of aryl methyl sites for hydroxylation is 1. The summed E-state index contributed by atoms with van der Waals surface area (Å²) in [7, 11) is 0. The molecule has 0 N–H and O–H groups in total. The molecule has 0 radical (unpaired) electrons. The molecule has 0 aromatic carbocycles. The number of rotatable bonds is 4. The van der Waals surface area contributed by atoms with Gasteiger partial charge in [0.15, 0.2) is 6.29 Å². The van der Waals surface area contributed by atoms with E-state index in [4.69, 9.17) is 0 Å². The highest BCUT2D eigenvalue weighted by molar-refractivity contribution is 5.72. The van der Waals surface area contributed by atoms with Crippen molar-refractivity contribution in [1.82, 2.24) is 4.57 Å². The molecule has 0 aliphatic carbocycles. The Balaban J connectivity index is 3.11. The molecule has 0 saturated heterocycles. The van der Waals surface area contributed by atoms with Gasteiger partial charge in [-0.05, 0) is 31.9 Å². The van der Waals surface area contributed by atoms with E-state index in [-0.39, 0.29) is 0 Å². The van der Waals surface area contributed by atoms with Crippen LogP contribution in [0.15, 0.2) is 12.1 Å². The van der Waals surface area contributed by atoms with Crippen LogP contribution in [0, 0.1) is 0 Å². The number of carbonyl (C=O) groups is 1. The summed E-state index contributed by atoms with van der Waals surface area (Å²) < 4.78 is 2.13. The summed E-state index contributed by atoms with van der Waals surface area (Å²) in [6.07, 6.45) is 2.98. The monoisotopic (exact) mass is 179 g/mol. The van der Waals surface area contributed by atoms with Crippen LogP contribution >= 0.6 is 0 Å². The molecule has 1 aromatic rings. The lowest BCUT2D eigenvalue weighted by Crippen LogP contribution is -2.10. The van der Waals surface area contributed by atoms with Gasteiger partial charge in [0.05, 0.1) is 5.69 Å². The van der Waals surface area contributed by atoms with Crippen molar-refractivity contribution in [3.05, 3.63) is 23.5 Å². The van der Waals surface area contributed by atoms with Crippen LogP contribution in [0.5, 0.6) is 0 Å². The molecular formula is C11H17NO. The molecule has 0 spiro atoms. The van der Waals surface area contributed by atoms with Crippen LogP contribution in [0.1, 0.15) is 49.4 Å². The summed E-state index contributed by atoms with van der Waals surface area (Å²) in [5, 5.41) is 0. The summed E-state index contributed by atoms with van der Waals surface area (Å²) in [6, 6.07) is 4.36. The van der Waals surface area contributed by atoms with E-state index in [1.807, 2.05) is 12.1 Å². The maximum absolute atomic E-state index is 10.8. The molecule has 0 unspecified atom stereocenters. The van der Waals surface area contributed by atoms with Crippen molar-refractivity contribution in [2.45, 2.75) is 39.7 Å². The summed E-state index contributed by atoms with van der Waals surface area (Å²) >= 11 is 0. The Bertz CT molecular complexity index is 288. The Hall–Kier alpha value is -1.05. The molecule has 2 heteroatoms. The third-order valence-electron chi connectivity index (χ3n) is 2.55. The molecule has 1 atom stereocenters. The van der Waals surface area contributed by atoms with Crippen LogP contribution < -0.4 is 0 Å². The van der Waals surface area contributed by atoms with Crippen LogP contribution in [0.3, 0.4) is 0 Å². The topological polar surface area (TPSA) is 22.0 Å². The molecule has 0 aliphatic heterocycles. The third kappa shape index (κ3) is 1.82. The van der Waals surface area contributed by atoms with E-state index in [1.165, 1.54) is 5.69 Å². The van der Waals surface area contributed by atoms with Crippen LogP contribution in [-0.4, -0.2) is 10.9 Å². The van der Waals surface area contributed by atoms with Crippen molar-refractivity contribution >= 4 is 6.29 Å². The first-order chi connectivity index (χ1) is 6.24. The van der Waals surface area contributed by atoms with Crippen LogP contribution in [0.4, 0.5) is 0 Å². The highest BCUT2D eigenvalue weighted by Crippen LogP contribution is 2.18. The van der Waals surface area contributed by atoms with Crippen molar-refractivity contribution in [1.29, 1.82) is 0 Å². The smallest absolute Gasteiger partial charge is 0.166 e. The fourth-order valence-electron chi connectivity index (χ4n) is 1.61. The first kappa shape index (κ1) is 10.0. The van der Waals surface area contributed by atoms with E-state index >= 15 is 0 Å². The predicted molar refractivity (Wildman–Crippen MR) is 54.2 cm³/mol. The van der Waals surface area contributed by atoms with Crippen molar-refractivity contribution in [2.75, 3.05) is 0 Å². The number of hydrogen-bond donors (Lipinski definition) is 0. The molecule has 13 heavy (non-hydrogen) atoms. The lowest BCUT2D eigenvalue weighted by molar-refractivity contribution is 0.111. The summed E-state index contributed by atoms with van der Waals surface area (Å²) in [6.45, 7) is 6.40. The van der Waals surface area contributed by atoms with Gasteiger partial charge in [-0.15, -0.1) is 0 Å². The van der Waals surface area contributed by atoms with Gasteiger partial charge in [0.1, 0.15) is 0 Å². The Morgan fingerprint density at radius 3 is 2.62 bits per heavy atom. The van der Waals surface area contributed by atoms with Crippen LogP contribution in [0.2, 0.25) is 0 Å². The maximum Gasteiger partial charge on any atom is 0.166 e. The average molecular weight is 179 g/mol. The molecule has 0 saturated carbocycles. The number of aldehydes is 1. The van der Waals surface area contributed by atoms with E-state index in [0.29, 0.717) is 6.04 Å². The molecule has 0 amide bonds. The van der Waals surface area contributed by atoms with Gasteiger partial charge in [0.25, 0.3) is 0 Å². The van der Waals surface area contributed by atoms with Gasteiger partial charge >= 0.3 is 0 Å². The third-order valence-corrected chi connectivity index (χ3v) is 2.55. The van der Waals surface area contributed by atoms with Crippen molar-refractivity contribution in [2.24, 2.45) is 0 Å². The largest absolute Gasteiger partial charge is 0.340 e. The van der Waals surface area contributed by atoms with E-state index in [2.05, 4.69) is 25.3 Å². The van der Waals surface area contributed by atoms with Crippen LogP contribution in [0.25, 0.3) is 0 Å². The molecular weight excluding hydrogens is 162 g/mol. The van der Waals surface area contributed by atoms with E-state index in [0.717, 1.165) is 24.8 Å². The Morgan fingerprint density at radius 2 is 2.15 bits per heavy atom. The van der Waals surface area contributed by atoms with Crippen molar-refractivity contribution < 1.29 is 4.79 Å². The van der Waals surface area contributed by atoms with Gasteiger partial charge in [-0.25, -0.2) is 0 Å². The number of nitrogens with zero attached hydrogens (tertiary/aromatic N) is 1. The SMILES string of the molecule is CCc1ccc(C=O)n1[C@@H](C)CC. The average Bonchev–Trinajstić information content (AvgIpc) is 2.59. The molecule has 0 bridgehead atoms. The summed E-state index contributed by atoms with van der Waals surface area (Å²) in [5.41, 5.74) is 2.04. The van der Waals surface area contributed by atoms with Gasteiger partial charge in [-0.3, -0.25) is 4.79 Å². The quantitative estimate of drug-likeness (QED) is 0.651. The lowest BCUT2D eigenvalue weighted by atomic mass is 10.2. The molecule has 1 rings (SSSR count).